The van der Waals surface area contributed by atoms with E-state index in [1.54, 1.807) is 24.1 Å². The average molecular weight is 381 g/mol. The Morgan fingerprint density at radius 2 is 2.19 bits per heavy atom. The molecule has 0 saturated heterocycles. The summed E-state index contributed by atoms with van der Waals surface area (Å²) in [6.45, 7) is -0.176. The highest BCUT2D eigenvalue weighted by molar-refractivity contribution is 5.92. The van der Waals surface area contributed by atoms with Crippen molar-refractivity contribution in [2.24, 2.45) is 0 Å². The van der Waals surface area contributed by atoms with E-state index in [-0.39, 0.29) is 37.3 Å². The number of aromatic nitrogens is 4. The highest BCUT2D eigenvalue weighted by atomic mass is 19.1. The monoisotopic (exact) mass is 381 g/mol. The van der Waals surface area contributed by atoms with Crippen LogP contribution in [-0.4, -0.2) is 56.9 Å². The molecule has 3 rings (SSSR count). The van der Waals surface area contributed by atoms with Crippen LogP contribution in [0.2, 0.25) is 0 Å². The second-order valence-electron chi connectivity index (χ2n) is 6.17. The Labute approximate surface area is 159 Å². The molecule has 2 heterocycles. The Bertz CT molecular complexity index is 695. The number of nitrogens with zero attached hydrogens (tertiary/aromatic N) is 4. The molecule has 0 spiro atoms. The molecule has 2 aromatic rings. The molecule has 2 aromatic heterocycles. The molecule has 0 radical (unpaired) electrons. The van der Waals surface area contributed by atoms with Gasteiger partial charge in [0.05, 0.1) is 18.9 Å². The van der Waals surface area contributed by atoms with E-state index < -0.39 is 6.67 Å². The van der Waals surface area contributed by atoms with Gasteiger partial charge in [-0.1, -0.05) is 19.3 Å². The molecule has 0 bridgehead atoms. The van der Waals surface area contributed by atoms with Gasteiger partial charge in [0, 0.05) is 27.0 Å². The summed E-state index contributed by atoms with van der Waals surface area (Å²) in [5, 5.41) is 10.9. The van der Waals surface area contributed by atoms with Crippen LogP contribution in [0.3, 0.4) is 0 Å². The number of nitrogens with one attached hydrogen (secondary N) is 1. The summed E-state index contributed by atoms with van der Waals surface area (Å²) >= 11 is 0. The van der Waals surface area contributed by atoms with Crippen LogP contribution in [-0.2, 0) is 11.4 Å². The SMILES string of the molecule is COCCO.O=C(NC1CCCCC1)c1cc(CF)nc(-n2ccnc2)n1.[HH]. The number of halogens is 1. The molecule has 1 amide bonds. The molecule has 1 saturated carbocycles. The number of carbonyl (C=O) groups is 1. The predicted octanol–water partition coefficient (Wildman–Crippen LogP) is 2.07. The van der Waals surface area contributed by atoms with Crippen LogP contribution >= 0.6 is 0 Å². The summed E-state index contributed by atoms with van der Waals surface area (Å²) in [5.74, 6) is -0.0215. The van der Waals surface area contributed by atoms with Gasteiger partial charge in [0.15, 0.2) is 0 Å². The number of aliphatic hydroxyl groups is 1. The van der Waals surface area contributed by atoms with E-state index in [2.05, 4.69) is 25.0 Å². The Morgan fingerprint density at radius 1 is 1.41 bits per heavy atom. The van der Waals surface area contributed by atoms with Crippen molar-refractivity contribution in [3.8, 4) is 5.95 Å². The second kappa shape index (κ2) is 11.3. The smallest absolute Gasteiger partial charge is 0.270 e. The fourth-order valence-electron chi connectivity index (χ4n) is 2.76. The van der Waals surface area contributed by atoms with Crippen molar-refractivity contribution >= 4 is 5.91 Å². The zero-order valence-corrected chi connectivity index (χ0v) is 15.5. The number of rotatable bonds is 6. The largest absolute Gasteiger partial charge is 0.394 e. The number of carbonyl (C=O) groups excluding carboxylic acids is 1. The number of hydrogen-bond acceptors (Lipinski definition) is 6. The molecule has 150 valence electrons. The number of imidazole rings is 1. The van der Waals surface area contributed by atoms with Gasteiger partial charge in [-0.2, -0.15) is 0 Å². The highest BCUT2D eigenvalue weighted by Gasteiger charge is 2.19. The quantitative estimate of drug-likeness (QED) is 0.794. The van der Waals surface area contributed by atoms with Gasteiger partial charge in [0.2, 0.25) is 5.95 Å². The Balaban J connectivity index is 0.000000584. The molecule has 8 nitrogen and oxygen atoms in total. The van der Waals surface area contributed by atoms with Crippen LogP contribution < -0.4 is 5.32 Å². The van der Waals surface area contributed by atoms with Crippen molar-refractivity contribution in [1.29, 1.82) is 0 Å². The molecule has 9 heteroatoms. The maximum Gasteiger partial charge on any atom is 0.270 e. The number of ether oxygens (including phenoxy) is 1. The minimum atomic E-state index is -0.742. The molecule has 1 aliphatic carbocycles. The van der Waals surface area contributed by atoms with Crippen molar-refractivity contribution in [2.45, 2.75) is 44.8 Å². The zero-order valence-electron chi connectivity index (χ0n) is 15.5. The molecule has 2 N–H and O–H groups in total. The molecular formula is C18H28FN5O3. The summed E-state index contributed by atoms with van der Waals surface area (Å²) in [7, 11) is 1.55. The first-order valence-electron chi connectivity index (χ1n) is 9.00. The van der Waals surface area contributed by atoms with Crippen LogP contribution in [0, 0.1) is 0 Å². The maximum atomic E-state index is 13.0. The third-order valence-corrected chi connectivity index (χ3v) is 4.11. The van der Waals surface area contributed by atoms with Gasteiger partial charge in [0.1, 0.15) is 18.7 Å². The first-order chi connectivity index (χ1) is 13.2. The van der Waals surface area contributed by atoms with E-state index in [1.807, 2.05) is 0 Å². The van der Waals surface area contributed by atoms with Gasteiger partial charge in [-0.25, -0.2) is 19.3 Å². The van der Waals surface area contributed by atoms with Crippen LogP contribution in [0.25, 0.3) is 5.95 Å². The van der Waals surface area contributed by atoms with Crippen molar-refractivity contribution in [2.75, 3.05) is 20.3 Å². The van der Waals surface area contributed by atoms with E-state index in [1.165, 1.54) is 18.8 Å². The lowest BCUT2D eigenvalue weighted by Crippen LogP contribution is -2.36. The third kappa shape index (κ3) is 6.69. The first kappa shape index (κ1) is 20.9. The van der Waals surface area contributed by atoms with Gasteiger partial charge in [-0.05, 0) is 18.9 Å². The number of amides is 1. The topological polar surface area (TPSA) is 102 Å². The minimum absolute atomic E-state index is 0. The second-order valence-corrected chi connectivity index (χ2v) is 6.17. The van der Waals surface area contributed by atoms with E-state index >= 15 is 0 Å². The number of methoxy groups -OCH3 is 1. The first-order valence-corrected chi connectivity index (χ1v) is 9.00. The maximum absolute atomic E-state index is 13.0. The van der Waals surface area contributed by atoms with Crippen LogP contribution in [0.4, 0.5) is 4.39 Å². The van der Waals surface area contributed by atoms with Crippen molar-refractivity contribution in [1.82, 2.24) is 24.8 Å². The van der Waals surface area contributed by atoms with Gasteiger partial charge in [0.25, 0.3) is 5.91 Å². The van der Waals surface area contributed by atoms with Crippen molar-refractivity contribution in [3.05, 3.63) is 36.2 Å². The Kier molecular flexibility index (Phi) is 8.79. The molecule has 0 aromatic carbocycles. The number of alkyl halides is 1. The molecule has 0 unspecified atom stereocenters. The van der Waals surface area contributed by atoms with Crippen LogP contribution in [0.1, 0.15) is 49.7 Å². The van der Waals surface area contributed by atoms with E-state index in [0.29, 0.717) is 6.61 Å². The lowest BCUT2D eigenvalue weighted by molar-refractivity contribution is 0.0922. The molecule has 0 aliphatic heterocycles. The van der Waals surface area contributed by atoms with Crippen LogP contribution in [0.15, 0.2) is 24.8 Å². The van der Waals surface area contributed by atoms with Gasteiger partial charge < -0.3 is 15.2 Å². The summed E-state index contributed by atoms with van der Waals surface area (Å²) in [6, 6.07) is 1.58. The zero-order chi connectivity index (χ0) is 19.5. The summed E-state index contributed by atoms with van der Waals surface area (Å²) in [5.41, 5.74) is 0.379. The van der Waals surface area contributed by atoms with Gasteiger partial charge in [-0.15, -0.1) is 0 Å². The van der Waals surface area contributed by atoms with Gasteiger partial charge in [-0.3, -0.25) is 9.36 Å². The molecule has 1 aliphatic rings. The molecule has 1 fully saturated rings. The normalized spacial score (nSPS) is 14.3. The van der Waals surface area contributed by atoms with Crippen molar-refractivity contribution in [3.63, 3.8) is 0 Å². The van der Waals surface area contributed by atoms with Gasteiger partial charge >= 0.3 is 0 Å². The lowest BCUT2D eigenvalue weighted by Gasteiger charge is -2.22. The Morgan fingerprint density at radius 3 is 2.74 bits per heavy atom. The fraction of sp³-hybridized carbons (Fsp3) is 0.556. The van der Waals surface area contributed by atoms with E-state index in [4.69, 9.17) is 5.11 Å². The molecular weight excluding hydrogens is 353 g/mol. The lowest BCUT2D eigenvalue weighted by atomic mass is 9.95. The number of hydrogen-bond donors (Lipinski definition) is 2. The third-order valence-electron chi connectivity index (χ3n) is 4.11. The van der Waals surface area contributed by atoms with E-state index in [9.17, 15) is 9.18 Å². The summed E-state index contributed by atoms with van der Waals surface area (Å²) in [6.07, 6.45) is 10.2. The fourth-order valence-corrected chi connectivity index (χ4v) is 2.76. The predicted molar refractivity (Wildman–Crippen MR) is 99.4 cm³/mol. The Hall–Kier alpha value is -2.39. The van der Waals surface area contributed by atoms with Crippen molar-refractivity contribution < 1.29 is 20.5 Å². The highest BCUT2D eigenvalue weighted by Crippen LogP contribution is 2.18. The van der Waals surface area contributed by atoms with Crippen LogP contribution in [0.5, 0.6) is 0 Å². The standard InChI is InChI=1S/C15H18FN5O.C3H8O2.H2/c16-9-12-8-13(14(22)18-11-4-2-1-3-5-11)20-15(19-12)21-7-6-17-10-21;1-5-3-2-4;/h6-8,10-11H,1-5,9H2,(H,18,22);4H,2-3H2,1H3;1H. The molecule has 0 atom stereocenters. The minimum Gasteiger partial charge on any atom is -0.394 e. The number of aliphatic hydroxyl groups excluding tert-OH is 1. The summed E-state index contributed by atoms with van der Waals surface area (Å²) in [4.78, 5) is 24.6. The molecule has 27 heavy (non-hydrogen) atoms. The summed E-state index contributed by atoms with van der Waals surface area (Å²) < 4.78 is 19.0. The van der Waals surface area contributed by atoms with E-state index in [0.717, 1.165) is 25.7 Å². The average Bonchev–Trinajstić information content (AvgIpc) is 3.24.